The Bertz CT molecular complexity index is 898. The zero-order valence-electron chi connectivity index (χ0n) is 26.5. The summed E-state index contributed by atoms with van der Waals surface area (Å²) in [6.45, 7) is 7.10. The van der Waals surface area contributed by atoms with Crippen LogP contribution in [0.25, 0.3) is 0 Å². The number of carbonyl (C=O) groups excluding carboxylic acids is 1. The minimum absolute atomic E-state index is 0.139. The molecule has 0 bridgehead atoms. The zero-order valence-corrected chi connectivity index (χ0v) is 26.5. The highest BCUT2D eigenvalue weighted by Crippen LogP contribution is 2.17. The average molecular weight is 566 g/mol. The fraction of sp³-hybridized carbons (Fsp3) is 0.667. The fourth-order valence-corrected chi connectivity index (χ4v) is 5.04. The van der Waals surface area contributed by atoms with Crippen molar-refractivity contribution in [1.29, 1.82) is 0 Å². The first-order valence-corrected chi connectivity index (χ1v) is 16.8. The minimum Gasteiger partial charge on any atom is -0.494 e. The number of aromatic nitrogens is 1. The lowest BCUT2D eigenvalue weighted by atomic mass is 10.0. The summed E-state index contributed by atoms with van der Waals surface area (Å²) in [6.07, 6.45) is 27.1. The second kappa shape index (κ2) is 23.1. The third kappa shape index (κ3) is 17.8. The van der Waals surface area contributed by atoms with E-state index < -0.39 is 0 Å². The number of hydrogen-bond donors (Lipinski definition) is 2. The van der Waals surface area contributed by atoms with Gasteiger partial charge in [0.15, 0.2) is 0 Å². The van der Waals surface area contributed by atoms with Gasteiger partial charge in [0.1, 0.15) is 11.6 Å². The largest absolute Gasteiger partial charge is 0.494 e. The summed E-state index contributed by atoms with van der Waals surface area (Å²) in [6, 6.07) is 12.1. The fourth-order valence-electron chi connectivity index (χ4n) is 5.04. The smallest absolute Gasteiger partial charge is 0.320 e. The van der Waals surface area contributed by atoms with Crippen molar-refractivity contribution in [2.45, 2.75) is 149 Å². The quantitative estimate of drug-likeness (QED) is 0.124. The van der Waals surface area contributed by atoms with Crippen LogP contribution >= 0.6 is 0 Å². The second-order valence-electron chi connectivity index (χ2n) is 11.8. The van der Waals surface area contributed by atoms with E-state index in [-0.39, 0.29) is 12.1 Å². The molecule has 1 aromatic carbocycles. The monoisotopic (exact) mass is 565 g/mol. The summed E-state index contributed by atoms with van der Waals surface area (Å²) in [4.78, 5) is 16.3. The molecule has 2 aromatic rings. The molecule has 230 valence electrons. The summed E-state index contributed by atoms with van der Waals surface area (Å²) < 4.78 is 5.97. The van der Waals surface area contributed by atoms with Gasteiger partial charge in [-0.2, -0.15) is 0 Å². The molecule has 2 N–H and O–H groups in total. The summed E-state index contributed by atoms with van der Waals surface area (Å²) in [7, 11) is 0. The summed E-state index contributed by atoms with van der Waals surface area (Å²) >= 11 is 0. The molecule has 0 saturated carbocycles. The molecule has 2 rings (SSSR count). The standard InChI is InChI=1S/C36H59N3O2/c1-4-6-7-8-9-10-11-12-13-14-15-16-17-18-19-20-21-28-41-34-25-22-32(23-26-34)29-33-24-27-35(37-30-33)39-36(40)38-31(3)5-2/h22-27,30-31H,4-21,28-29H2,1-3H3,(H2,37,38,39,40). The normalized spacial score (nSPS) is 11.8. The van der Waals surface area contributed by atoms with Gasteiger partial charge in [0.2, 0.25) is 0 Å². The molecule has 5 nitrogen and oxygen atoms in total. The van der Waals surface area contributed by atoms with Gasteiger partial charge in [0.25, 0.3) is 0 Å². The van der Waals surface area contributed by atoms with Gasteiger partial charge >= 0.3 is 6.03 Å². The molecule has 1 unspecified atom stereocenters. The van der Waals surface area contributed by atoms with E-state index in [0.717, 1.165) is 37.2 Å². The van der Waals surface area contributed by atoms with Crippen molar-refractivity contribution in [2.75, 3.05) is 11.9 Å². The lowest BCUT2D eigenvalue weighted by molar-refractivity contribution is 0.249. The van der Waals surface area contributed by atoms with Crippen molar-refractivity contribution >= 4 is 11.8 Å². The van der Waals surface area contributed by atoms with Crippen LogP contribution in [0.3, 0.4) is 0 Å². The molecule has 2 amide bonds. The number of benzene rings is 1. The van der Waals surface area contributed by atoms with E-state index in [0.29, 0.717) is 5.82 Å². The lowest BCUT2D eigenvalue weighted by Gasteiger charge is -2.12. The van der Waals surface area contributed by atoms with Crippen LogP contribution in [0.15, 0.2) is 42.6 Å². The van der Waals surface area contributed by atoms with E-state index in [2.05, 4.69) is 46.8 Å². The summed E-state index contributed by atoms with van der Waals surface area (Å²) in [5, 5.41) is 5.67. The van der Waals surface area contributed by atoms with E-state index in [1.807, 2.05) is 32.2 Å². The molecule has 0 radical (unpaired) electrons. The number of hydrogen-bond acceptors (Lipinski definition) is 3. The maximum Gasteiger partial charge on any atom is 0.320 e. The highest BCUT2D eigenvalue weighted by Gasteiger charge is 2.06. The van der Waals surface area contributed by atoms with Gasteiger partial charge in [-0.1, -0.05) is 135 Å². The van der Waals surface area contributed by atoms with Gasteiger partial charge in [-0.25, -0.2) is 9.78 Å². The SMILES string of the molecule is CCCCCCCCCCCCCCCCCCCOc1ccc(Cc2ccc(NC(=O)NC(C)CC)nc2)cc1. The van der Waals surface area contributed by atoms with E-state index in [4.69, 9.17) is 4.74 Å². The van der Waals surface area contributed by atoms with Crippen LogP contribution in [0.4, 0.5) is 10.6 Å². The highest BCUT2D eigenvalue weighted by molar-refractivity contribution is 5.88. The Hall–Kier alpha value is -2.56. The van der Waals surface area contributed by atoms with Crippen LogP contribution in [-0.4, -0.2) is 23.7 Å². The third-order valence-electron chi connectivity index (χ3n) is 7.90. The minimum atomic E-state index is -0.218. The molecule has 0 fully saturated rings. The predicted octanol–water partition coefficient (Wildman–Crippen LogP) is 10.6. The average Bonchev–Trinajstić information content (AvgIpc) is 2.98. The molecule has 1 atom stereocenters. The number of carbonyl (C=O) groups is 1. The molecular weight excluding hydrogens is 506 g/mol. The first-order valence-electron chi connectivity index (χ1n) is 16.8. The zero-order chi connectivity index (χ0) is 29.4. The molecule has 0 aliphatic rings. The number of anilines is 1. The molecule has 0 aliphatic carbocycles. The van der Waals surface area contributed by atoms with Crippen molar-refractivity contribution in [1.82, 2.24) is 10.3 Å². The number of nitrogens with one attached hydrogen (secondary N) is 2. The van der Waals surface area contributed by atoms with Crippen molar-refractivity contribution in [2.24, 2.45) is 0 Å². The Balaban J connectivity index is 1.44. The number of urea groups is 1. The maximum atomic E-state index is 12.0. The van der Waals surface area contributed by atoms with Gasteiger partial charge in [-0.15, -0.1) is 0 Å². The van der Waals surface area contributed by atoms with Gasteiger partial charge < -0.3 is 10.1 Å². The Morgan fingerprint density at radius 3 is 1.71 bits per heavy atom. The van der Waals surface area contributed by atoms with Crippen LogP contribution in [0.1, 0.15) is 147 Å². The van der Waals surface area contributed by atoms with Gasteiger partial charge in [-0.3, -0.25) is 5.32 Å². The van der Waals surface area contributed by atoms with E-state index >= 15 is 0 Å². The van der Waals surface area contributed by atoms with Crippen LogP contribution in [0.5, 0.6) is 5.75 Å². The molecule has 0 saturated heterocycles. The summed E-state index contributed by atoms with van der Waals surface area (Å²) in [5.74, 6) is 1.50. The first-order chi connectivity index (χ1) is 20.1. The van der Waals surface area contributed by atoms with Crippen LogP contribution in [0.2, 0.25) is 0 Å². The number of amides is 2. The van der Waals surface area contributed by atoms with Crippen LogP contribution in [0, 0.1) is 0 Å². The van der Waals surface area contributed by atoms with Gasteiger partial charge in [0.05, 0.1) is 6.61 Å². The number of unbranched alkanes of at least 4 members (excludes halogenated alkanes) is 16. The number of pyridine rings is 1. The molecular formula is C36H59N3O2. The van der Waals surface area contributed by atoms with Crippen LogP contribution < -0.4 is 15.4 Å². The topological polar surface area (TPSA) is 63.2 Å². The van der Waals surface area contributed by atoms with Crippen molar-refractivity contribution in [3.8, 4) is 5.75 Å². The van der Waals surface area contributed by atoms with Crippen molar-refractivity contribution in [3.63, 3.8) is 0 Å². The van der Waals surface area contributed by atoms with E-state index in [1.54, 1.807) is 0 Å². The molecule has 41 heavy (non-hydrogen) atoms. The third-order valence-corrected chi connectivity index (χ3v) is 7.90. The molecule has 1 heterocycles. The first kappa shape index (κ1) is 34.6. The number of rotatable bonds is 24. The lowest BCUT2D eigenvalue weighted by Crippen LogP contribution is -2.35. The maximum absolute atomic E-state index is 12.0. The van der Waals surface area contributed by atoms with Gasteiger partial charge in [-0.05, 0) is 55.5 Å². The van der Waals surface area contributed by atoms with Crippen molar-refractivity contribution in [3.05, 3.63) is 53.7 Å². The second-order valence-corrected chi connectivity index (χ2v) is 11.8. The molecule has 5 heteroatoms. The Kier molecular flexibility index (Phi) is 19.5. The summed E-state index contributed by atoms with van der Waals surface area (Å²) in [5.41, 5.74) is 2.32. The highest BCUT2D eigenvalue weighted by atomic mass is 16.5. The molecule has 0 aliphatic heterocycles. The number of ether oxygens (including phenoxy) is 1. The molecule has 0 spiro atoms. The molecule has 1 aromatic heterocycles. The number of nitrogens with zero attached hydrogens (tertiary/aromatic N) is 1. The van der Waals surface area contributed by atoms with Crippen LogP contribution in [-0.2, 0) is 6.42 Å². The predicted molar refractivity (Wildman–Crippen MR) is 175 cm³/mol. The van der Waals surface area contributed by atoms with E-state index in [9.17, 15) is 4.79 Å². The Morgan fingerprint density at radius 2 is 1.22 bits per heavy atom. The Morgan fingerprint density at radius 1 is 0.707 bits per heavy atom. The van der Waals surface area contributed by atoms with Crippen molar-refractivity contribution < 1.29 is 9.53 Å². The van der Waals surface area contributed by atoms with E-state index in [1.165, 1.54) is 108 Å². The van der Waals surface area contributed by atoms with Gasteiger partial charge in [0, 0.05) is 12.2 Å². The Labute approximate surface area is 251 Å².